The molecule has 0 unspecified atom stereocenters. The maximum absolute atomic E-state index is 12.6. The van der Waals surface area contributed by atoms with Crippen molar-refractivity contribution in [3.63, 3.8) is 0 Å². The van der Waals surface area contributed by atoms with Crippen molar-refractivity contribution in [2.75, 3.05) is 22.4 Å². The molecule has 29 heavy (non-hydrogen) atoms. The number of hydrogen-bond donors (Lipinski definition) is 1. The first-order valence-electron chi connectivity index (χ1n) is 8.84. The van der Waals surface area contributed by atoms with E-state index < -0.39 is 15.9 Å². The fraction of sp³-hybridized carbons (Fsp3) is 0.200. The number of aromatic nitrogens is 2. The van der Waals surface area contributed by atoms with E-state index in [0.29, 0.717) is 23.1 Å². The third-order valence-corrected chi connectivity index (χ3v) is 5.83. The van der Waals surface area contributed by atoms with Gasteiger partial charge in [0.2, 0.25) is 15.9 Å². The molecule has 0 aliphatic heterocycles. The molecule has 2 aromatic carbocycles. The van der Waals surface area contributed by atoms with Crippen LogP contribution < -0.4 is 9.62 Å². The van der Waals surface area contributed by atoms with Crippen molar-refractivity contribution in [3.05, 3.63) is 76.9 Å². The highest BCUT2D eigenvalue weighted by molar-refractivity contribution is 7.92. The van der Waals surface area contributed by atoms with Crippen LogP contribution in [0.3, 0.4) is 0 Å². The third-order valence-electron chi connectivity index (χ3n) is 4.33. The lowest BCUT2D eigenvalue weighted by Crippen LogP contribution is -2.38. The first kappa shape index (κ1) is 20.9. The molecule has 152 valence electrons. The number of sulfonamides is 1. The Morgan fingerprint density at radius 2 is 1.83 bits per heavy atom. The molecule has 0 saturated heterocycles. The second-order valence-corrected chi connectivity index (χ2v) is 8.88. The summed E-state index contributed by atoms with van der Waals surface area (Å²) in [6.07, 6.45) is 2.64. The molecule has 9 heteroatoms. The lowest BCUT2D eigenvalue weighted by molar-refractivity contribution is -0.114. The van der Waals surface area contributed by atoms with Gasteiger partial charge in [0.05, 0.1) is 24.7 Å². The molecule has 0 aliphatic carbocycles. The van der Waals surface area contributed by atoms with Crippen LogP contribution >= 0.6 is 11.6 Å². The molecule has 0 radical (unpaired) electrons. The highest BCUT2D eigenvalue weighted by atomic mass is 35.5. The van der Waals surface area contributed by atoms with Crippen LogP contribution in [-0.2, 0) is 21.4 Å². The Bertz CT molecular complexity index is 1130. The van der Waals surface area contributed by atoms with E-state index in [2.05, 4.69) is 10.4 Å². The summed E-state index contributed by atoms with van der Waals surface area (Å²) < 4.78 is 27.2. The third kappa shape index (κ3) is 5.16. The van der Waals surface area contributed by atoms with E-state index in [4.69, 9.17) is 11.6 Å². The summed E-state index contributed by atoms with van der Waals surface area (Å²) in [6.45, 7) is 1.82. The summed E-state index contributed by atoms with van der Waals surface area (Å²) in [5, 5.41) is 7.55. The predicted molar refractivity (Wildman–Crippen MR) is 115 cm³/mol. The van der Waals surface area contributed by atoms with E-state index in [1.165, 1.54) is 0 Å². The van der Waals surface area contributed by atoms with E-state index in [0.717, 1.165) is 21.7 Å². The number of carbonyl (C=O) groups is 1. The van der Waals surface area contributed by atoms with E-state index in [1.807, 2.05) is 24.3 Å². The zero-order valence-corrected chi connectivity index (χ0v) is 17.6. The number of benzene rings is 2. The van der Waals surface area contributed by atoms with E-state index in [1.54, 1.807) is 48.1 Å². The molecule has 7 nitrogen and oxygen atoms in total. The number of aryl methyl sites for hydroxylation is 1. The fourth-order valence-corrected chi connectivity index (χ4v) is 4.00. The van der Waals surface area contributed by atoms with Crippen molar-refractivity contribution in [3.8, 4) is 0 Å². The zero-order chi connectivity index (χ0) is 21.0. The lowest BCUT2D eigenvalue weighted by Gasteiger charge is -2.23. The van der Waals surface area contributed by atoms with Gasteiger partial charge in [-0.3, -0.25) is 9.10 Å². The molecule has 0 atom stereocenters. The SMILES string of the molecule is Cc1ccccc1N(CC(=O)Nc1ccnn1Cc1ccccc1Cl)S(C)(=O)=O. The number of nitrogens with one attached hydrogen (secondary N) is 1. The highest BCUT2D eigenvalue weighted by Gasteiger charge is 2.22. The van der Waals surface area contributed by atoms with Crippen molar-refractivity contribution in [1.82, 2.24) is 9.78 Å². The molecule has 1 heterocycles. The molecule has 0 fully saturated rings. The number of anilines is 2. The van der Waals surface area contributed by atoms with Crippen molar-refractivity contribution in [1.29, 1.82) is 0 Å². The summed E-state index contributed by atoms with van der Waals surface area (Å²) in [5.41, 5.74) is 2.08. The van der Waals surface area contributed by atoms with Gasteiger partial charge in [-0.2, -0.15) is 5.10 Å². The van der Waals surface area contributed by atoms with Crippen molar-refractivity contribution < 1.29 is 13.2 Å². The van der Waals surface area contributed by atoms with E-state index in [9.17, 15) is 13.2 Å². The van der Waals surface area contributed by atoms with Crippen LogP contribution in [0, 0.1) is 6.92 Å². The average molecular weight is 433 g/mol. The van der Waals surface area contributed by atoms with Crippen LogP contribution in [0.2, 0.25) is 5.02 Å². The zero-order valence-electron chi connectivity index (χ0n) is 16.0. The molecule has 1 N–H and O–H groups in total. The van der Waals surface area contributed by atoms with Gasteiger partial charge in [-0.05, 0) is 30.2 Å². The van der Waals surface area contributed by atoms with Crippen LogP contribution in [0.1, 0.15) is 11.1 Å². The number of nitrogens with zero attached hydrogens (tertiary/aromatic N) is 3. The molecule has 0 spiro atoms. The number of rotatable bonds is 7. The minimum atomic E-state index is -3.65. The monoisotopic (exact) mass is 432 g/mol. The molecule has 0 saturated carbocycles. The number of halogens is 1. The Morgan fingerprint density at radius 3 is 2.52 bits per heavy atom. The number of para-hydroxylation sites is 1. The van der Waals surface area contributed by atoms with Gasteiger partial charge in [0.1, 0.15) is 12.4 Å². The van der Waals surface area contributed by atoms with Crippen molar-refractivity contribution in [2.45, 2.75) is 13.5 Å². The first-order valence-corrected chi connectivity index (χ1v) is 11.1. The van der Waals surface area contributed by atoms with Gasteiger partial charge in [-0.15, -0.1) is 0 Å². The van der Waals surface area contributed by atoms with Gasteiger partial charge in [0, 0.05) is 11.1 Å². The fourth-order valence-electron chi connectivity index (χ4n) is 2.89. The first-order chi connectivity index (χ1) is 13.8. The minimum absolute atomic E-state index is 0.346. The lowest BCUT2D eigenvalue weighted by atomic mass is 10.2. The summed E-state index contributed by atoms with van der Waals surface area (Å²) in [5.74, 6) is -0.0206. The largest absolute Gasteiger partial charge is 0.309 e. The smallest absolute Gasteiger partial charge is 0.246 e. The summed E-state index contributed by atoms with van der Waals surface area (Å²) in [6, 6.07) is 16.0. The van der Waals surface area contributed by atoms with Crippen LogP contribution in [0.5, 0.6) is 0 Å². The highest BCUT2D eigenvalue weighted by Crippen LogP contribution is 2.22. The number of hydrogen-bond acceptors (Lipinski definition) is 4. The molecular formula is C20H21ClN4O3S. The summed E-state index contributed by atoms with van der Waals surface area (Å²) >= 11 is 6.20. The second-order valence-electron chi connectivity index (χ2n) is 6.57. The number of amides is 1. The molecule has 3 rings (SSSR count). The molecular weight excluding hydrogens is 412 g/mol. The normalized spacial score (nSPS) is 11.3. The van der Waals surface area contributed by atoms with Gasteiger partial charge >= 0.3 is 0 Å². The molecule has 3 aromatic rings. The summed E-state index contributed by atoms with van der Waals surface area (Å²) in [7, 11) is -3.65. The Hall–Kier alpha value is -2.84. The van der Waals surface area contributed by atoms with Gasteiger partial charge < -0.3 is 5.32 Å². The standard InChI is InChI=1S/C20H21ClN4O3S/c1-15-7-3-6-10-18(15)25(29(2,27)28)14-20(26)23-19-11-12-22-24(19)13-16-8-4-5-9-17(16)21/h3-12H,13-14H2,1-2H3,(H,23,26). The molecule has 0 aliphatic rings. The Balaban J connectivity index is 1.78. The summed E-state index contributed by atoms with van der Waals surface area (Å²) in [4.78, 5) is 12.6. The Kier molecular flexibility index (Phi) is 6.24. The van der Waals surface area contributed by atoms with Crippen LogP contribution in [-0.4, -0.2) is 36.9 Å². The topological polar surface area (TPSA) is 84.3 Å². The van der Waals surface area contributed by atoms with E-state index in [-0.39, 0.29) is 6.54 Å². The Morgan fingerprint density at radius 1 is 1.14 bits per heavy atom. The van der Waals surface area contributed by atoms with Gasteiger partial charge in [-0.25, -0.2) is 13.1 Å². The maximum Gasteiger partial charge on any atom is 0.246 e. The quantitative estimate of drug-likeness (QED) is 0.620. The van der Waals surface area contributed by atoms with Crippen LogP contribution in [0.15, 0.2) is 60.8 Å². The number of carbonyl (C=O) groups excluding carboxylic acids is 1. The van der Waals surface area contributed by atoms with Crippen molar-refractivity contribution >= 4 is 39.0 Å². The van der Waals surface area contributed by atoms with E-state index >= 15 is 0 Å². The predicted octanol–water partition coefficient (Wildman–Crippen LogP) is 3.30. The van der Waals surface area contributed by atoms with Crippen molar-refractivity contribution in [2.24, 2.45) is 0 Å². The maximum atomic E-state index is 12.6. The van der Waals surface area contributed by atoms with Gasteiger partial charge in [0.25, 0.3) is 0 Å². The second kappa shape index (κ2) is 8.67. The average Bonchev–Trinajstić information content (AvgIpc) is 3.08. The molecule has 0 bridgehead atoms. The van der Waals surface area contributed by atoms with Crippen LogP contribution in [0.25, 0.3) is 0 Å². The minimum Gasteiger partial charge on any atom is -0.309 e. The molecule has 1 aromatic heterocycles. The molecule has 1 amide bonds. The van der Waals surface area contributed by atoms with Gasteiger partial charge in [-0.1, -0.05) is 48.0 Å². The van der Waals surface area contributed by atoms with Gasteiger partial charge in [0.15, 0.2) is 0 Å². The van der Waals surface area contributed by atoms with Crippen LogP contribution in [0.4, 0.5) is 11.5 Å². The Labute approximate surface area is 175 Å².